The average molecular weight is 405 g/mol. The van der Waals surface area contributed by atoms with E-state index >= 15 is 0 Å². The normalized spacial score (nSPS) is 17.2. The maximum atomic E-state index is 13.0. The molecule has 0 bridgehead atoms. The van der Waals surface area contributed by atoms with E-state index in [0.29, 0.717) is 5.56 Å². The summed E-state index contributed by atoms with van der Waals surface area (Å²) in [5.74, 6) is -2.02. The number of benzene rings is 2. The van der Waals surface area contributed by atoms with E-state index in [0.717, 1.165) is 17.0 Å². The van der Waals surface area contributed by atoms with Crippen molar-refractivity contribution in [1.82, 2.24) is 4.90 Å². The number of alkyl halides is 3. The molecule has 0 aliphatic carbocycles. The first-order valence-electron chi connectivity index (χ1n) is 8.85. The van der Waals surface area contributed by atoms with E-state index < -0.39 is 35.2 Å². The predicted molar refractivity (Wildman–Crippen MR) is 97.8 cm³/mol. The van der Waals surface area contributed by atoms with Crippen LogP contribution in [-0.4, -0.2) is 26.8 Å². The largest absolute Gasteiger partial charge is 0.508 e. The Morgan fingerprint density at radius 3 is 2.34 bits per heavy atom. The van der Waals surface area contributed by atoms with Crippen molar-refractivity contribution in [3.63, 3.8) is 0 Å². The van der Waals surface area contributed by atoms with E-state index in [9.17, 15) is 33.0 Å². The third-order valence-electron chi connectivity index (χ3n) is 4.74. The summed E-state index contributed by atoms with van der Waals surface area (Å²) in [5.41, 5.74) is -0.307. The Morgan fingerprint density at radius 1 is 1.10 bits per heavy atom. The van der Waals surface area contributed by atoms with E-state index in [1.165, 1.54) is 36.4 Å². The molecular formula is C21H18F3NO4. The van der Waals surface area contributed by atoms with Crippen molar-refractivity contribution in [1.29, 1.82) is 0 Å². The standard InChI is InChI=1S/C21H18F3NO4/c1-2-16(27)17-18(13-6-8-15(26)9-7-13)25(20(29)19(17)28)11-12-4-3-5-14(10-12)21(22,23)24/h3-10,18,26,28H,2,11H2,1H3. The van der Waals surface area contributed by atoms with Gasteiger partial charge in [-0.3, -0.25) is 9.59 Å². The fourth-order valence-electron chi connectivity index (χ4n) is 3.34. The first kappa shape index (κ1) is 20.4. The molecule has 1 heterocycles. The van der Waals surface area contributed by atoms with Gasteiger partial charge in [0.05, 0.1) is 17.2 Å². The third kappa shape index (κ3) is 3.96. The number of phenols is 1. The summed E-state index contributed by atoms with van der Waals surface area (Å²) in [5, 5.41) is 19.8. The van der Waals surface area contributed by atoms with Crippen LogP contribution in [0.1, 0.15) is 36.1 Å². The first-order chi connectivity index (χ1) is 13.6. The van der Waals surface area contributed by atoms with Gasteiger partial charge in [-0.2, -0.15) is 13.2 Å². The fourth-order valence-corrected chi connectivity index (χ4v) is 3.34. The van der Waals surface area contributed by atoms with Gasteiger partial charge in [0.1, 0.15) is 5.75 Å². The third-order valence-corrected chi connectivity index (χ3v) is 4.74. The minimum absolute atomic E-state index is 0.0286. The van der Waals surface area contributed by atoms with Crippen LogP contribution in [0.25, 0.3) is 0 Å². The minimum atomic E-state index is -4.54. The molecule has 3 rings (SSSR count). The Hall–Kier alpha value is -3.29. The first-order valence-corrected chi connectivity index (χ1v) is 8.85. The molecular weight excluding hydrogens is 387 g/mol. The molecule has 152 valence electrons. The van der Waals surface area contributed by atoms with Gasteiger partial charge in [0.15, 0.2) is 11.5 Å². The summed E-state index contributed by atoms with van der Waals surface area (Å²) in [6.07, 6.45) is -4.50. The highest BCUT2D eigenvalue weighted by Crippen LogP contribution is 2.40. The summed E-state index contributed by atoms with van der Waals surface area (Å²) in [6, 6.07) is 9.28. The van der Waals surface area contributed by atoms with Crippen LogP contribution < -0.4 is 0 Å². The molecule has 2 aromatic carbocycles. The maximum absolute atomic E-state index is 13.0. The Morgan fingerprint density at radius 2 is 1.76 bits per heavy atom. The molecule has 0 aromatic heterocycles. The van der Waals surface area contributed by atoms with Crippen LogP contribution in [0.5, 0.6) is 5.75 Å². The predicted octanol–water partition coefficient (Wildman–Crippen LogP) is 4.29. The van der Waals surface area contributed by atoms with Crippen molar-refractivity contribution >= 4 is 11.7 Å². The Bertz CT molecular complexity index is 980. The quantitative estimate of drug-likeness (QED) is 0.778. The number of rotatable bonds is 5. The van der Waals surface area contributed by atoms with Gasteiger partial charge >= 0.3 is 6.18 Å². The molecule has 0 saturated heterocycles. The van der Waals surface area contributed by atoms with Crippen molar-refractivity contribution < 1.29 is 33.0 Å². The van der Waals surface area contributed by atoms with Gasteiger partial charge in [-0.05, 0) is 35.4 Å². The second kappa shape index (κ2) is 7.62. The molecule has 29 heavy (non-hydrogen) atoms. The smallest absolute Gasteiger partial charge is 0.416 e. The number of nitrogens with zero attached hydrogens (tertiary/aromatic N) is 1. The number of halogens is 3. The fraction of sp³-hybridized carbons (Fsp3) is 0.238. The molecule has 1 amide bonds. The molecule has 0 saturated carbocycles. The van der Waals surface area contributed by atoms with E-state index in [1.807, 2.05) is 0 Å². The molecule has 1 aliphatic heterocycles. The number of hydrogen-bond acceptors (Lipinski definition) is 4. The number of aliphatic hydroxyl groups is 1. The van der Waals surface area contributed by atoms with Gasteiger partial charge in [-0.1, -0.05) is 31.2 Å². The lowest BCUT2D eigenvalue weighted by atomic mass is 9.94. The SMILES string of the molecule is CCC(=O)C1=C(O)C(=O)N(Cc2cccc(C(F)(F)F)c2)C1c1ccc(O)cc1. The number of hydrogen-bond donors (Lipinski definition) is 2. The molecule has 0 spiro atoms. The number of amides is 1. The van der Waals surface area contributed by atoms with Crippen LogP contribution in [-0.2, 0) is 22.3 Å². The van der Waals surface area contributed by atoms with Crippen molar-refractivity contribution in [3.05, 3.63) is 76.6 Å². The molecule has 5 nitrogen and oxygen atoms in total. The lowest BCUT2D eigenvalue weighted by Gasteiger charge is -2.27. The minimum Gasteiger partial charge on any atom is -0.508 e. The Balaban J connectivity index is 2.04. The van der Waals surface area contributed by atoms with Crippen molar-refractivity contribution in [2.24, 2.45) is 0 Å². The van der Waals surface area contributed by atoms with Crippen LogP contribution in [0.2, 0.25) is 0 Å². The van der Waals surface area contributed by atoms with Gasteiger partial charge in [0.25, 0.3) is 5.91 Å². The number of carbonyl (C=O) groups excluding carboxylic acids is 2. The number of ketones is 1. The van der Waals surface area contributed by atoms with E-state index in [-0.39, 0.29) is 29.9 Å². The summed E-state index contributed by atoms with van der Waals surface area (Å²) in [4.78, 5) is 26.2. The second-order valence-electron chi connectivity index (χ2n) is 6.66. The molecule has 1 atom stereocenters. The summed E-state index contributed by atoms with van der Waals surface area (Å²) < 4.78 is 39.0. The molecule has 1 aliphatic rings. The maximum Gasteiger partial charge on any atom is 0.416 e. The Kier molecular flexibility index (Phi) is 5.37. The number of Topliss-reactive ketones (excluding diaryl/α,β-unsaturated/α-hetero) is 1. The zero-order valence-corrected chi connectivity index (χ0v) is 15.4. The van der Waals surface area contributed by atoms with Gasteiger partial charge in [0, 0.05) is 13.0 Å². The highest BCUT2D eigenvalue weighted by Gasteiger charge is 2.43. The second-order valence-corrected chi connectivity index (χ2v) is 6.66. The summed E-state index contributed by atoms with van der Waals surface area (Å²) in [7, 11) is 0. The van der Waals surface area contributed by atoms with Crippen LogP contribution in [0.15, 0.2) is 59.9 Å². The van der Waals surface area contributed by atoms with Crippen molar-refractivity contribution in [2.45, 2.75) is 32.1 Å². The van der Waals surface area contributed by atoms with Gasteiger partial charge in [-0.15, -0.1) is 0 Å². The van der Waals surface area contributed by atoms with Crippen LogP contribution in [0.3, 0.4) is 0 Å². The number of phenolic OH excluding ortho intramolecular Hbond substituents is 1. The van der Waals surface area contributed by atoms with Crippen molar-refractivity contribution in [3.8, 4) is 5.75 Å². The highest BCUT2D eigenvalue weighted by atomic mass is 19.4. The van der Waals surface area contributed by atoms with Crippen LogP contribution >= 0.6 is 0 Å². The molecule has 1 unspecified atom stereocenters. The highest BCUT2D eigenvalue weighted by molar-refractivity contribution is 6.08. The van der Waals surface area contributed by atoms with Crippen LogP contribution in [0, 0.1) is 0 Å². The monoisotopic (exact) mass is 405 g/mol. The van der Waals surface area contributed by atoms with E-state index in [4.69, 9.17) is 0 Å². The van der Waals surface area contributed by atoms with E-state index in [2.05, 4.69) is 0 Å². The summed E-state index contributed by atoms with van der Waals surface area (Å²) in [6.45, 7) is 1.34. The van der Waals surface area contributed by atoms with Gasteiger partial charge in [-0.25, -0.2) is 0 Å². The molecule has 0 fully saturated rings. The zero-order chi connectivity index (χ0) is 21.3. The van der Waals surface area contributed by atoms with Crippen LogP contribution in [0.4, 0.5) is 13.2 Å². The average Bonchev–Trinajstić information content (AvgIpc) is 2.92. The number of aliphatic hydroxyl groups excluding tert-OH is 1. The van der Waals surface area contributed by atoms with Gasteiger partial charge < -0.3 is 15.1 Å². The molecule has 2 N–H and O–H groups in total. The van der Waals surface area contributed by atoms with E-state index in [1.54, 1.807) is 6.92 Å². The molecule has 8 heteroatoms. The number of carbonyl (C=O) groups is 2. The lowest BCUT2D eigenvalue weighted by molar-refractivity contribution is -0.137. The summed E-state index contributed by atoms with van der Waals surface area (Å²) >= 11 is 0. The number of aromatic hydroxyl groups is 1. The van der Waals surface area contributed by atoms with Crippen molar-refractivity contribution in [2.75, 3.05) is 0 Å². The van der Waals surface area contributed by atoms with Gasteiger partial charge in [0.2, 0.25) is 0 Å². The lowest BCUT2D eigenvalue weighted by Crippen LogP contribution is -2.30. The zero-order valence-electron chi connectivity index (χ0n) is 15.4. The molecule has 2 aromatic rings. The topological polar surface area (TPSA) is 77.8 Å². The molecule has 0 radical (unpaired) electrons. The Labute approximate surface area is 164 Å².